The molecule has 1 heterocycles. The highest BCUT2D eigenvalue weighted by molar-refractivity contribution is 5.60. The number of rotatable bonds is 5. The fraction of sp³-hybridized carbons (Fsp3) is 0.407. The summed E-state index contributed by atoms with van der Waals surface area (Å²) in [6, 6.07) is 14.3. The molecule has 0 unspecified atom stereocenters. The monoisotopic (exact) mass is 428 g/mol. The zero-order chi connectivity index (χ0) is 22.1. The van der Waals surface area contributed by atoms with E-state index in [1.54, 1.807) is 6.07 Å². The summed E-state index contributed by atoms with van der Waals surface area (Å²) in [5, 5.41) is 12.9. The van der Waals surface area contributed by atoms with Gasteiger partial charge in [0.2, 0.25) is 0 Å². The molecule has 0 aliphatic heterocycles. The number of benzene rings is 2. The molecule has 1 aromatic heterocycles. The van der Waals surface area contributed by atoms with Crippen molar-refractivity contribution in [3.05, 3.63) is 76.9 Å². The first-order valence-electron chi connectivity index (χ1n) is 11.7. The fourth-order valence-corrected chi connectivity index (χ4v) is 5.47. The molecule has 1 atom stereocenters. The maximum atomic E-state index is 13.8. The zero-order valence-corrected chi connectivity index (χ0v) is 18.5. The molecule has 32 heavy (non-hydrogen) atoms. The van der Waals surface area contributed by atoms with E-state index in [1.807, 2.05) is 31.5 Å². The molecule has 5 heteroatoms. The minimum atomic E-state index is -0.217. The Labute approximate surface area is 189 Å². The predicted octanol–water partition coefficient (Wildman–Crippen LogP) is 5.36. The van der Waals surface area contributed by atoms with E-state index < -0.39 is 0 Å². The molecule has 2 aromatic carbocycles. The Kier molecular flexibility index (Phi) is 5.80. The lowest BCUT2D eigenvalue weighted by Gasteiger charge is -2.31. The molecule has 0 spiro atoms. The lowest BCUT2D eigenvalue weighted by atomic mass is 9.90. The van der Waals surface area contributed by atoms with Gasteiger partial charge in [-0.1, -0.05) is 12.1 Å². The Morgan fingerprint density at radius 2 is 1.91 bits per heavy atom. The molecule has 3 aromatic rings. The van der Waals surface area contributed by atoms with Gasteiger partial charge in [0, 0.05) is 30.0 Å². The Balaban J connectivity index is 1.16. The minimum absolute atomic E-state index is 0.217. The summed E-state index contributed by atoms with van der Waals surface area (Å²) < 4.78 is 16.1. The summed E-state index contributed by atoms with van der Waals surface area (Å²) in [4.78, 5) is 4.56. The first-order valence-corrected chi connectivity index (χ1v) is 11.7. The highest BCUT2D eigenvalue weighted by Gasteiger charge is 2.26. The van der Waals surface area contributed by atoms with Gasteiger partial charge in [0.1, 0.15) is 11.6 Å². The van der Waals surface area contributed by atoms with Crippen LogP contribution in [0.25, 0.3) is 11.4 Å². The second kappa shape index (κ2) is 8.88. The van der Waals surface area contributed by atoms with Crippen molar-refractivity contribution in [2.24, 2.45) is 5.92 Å². The number of imidazole rings is 1. The van der Waals surface area contributed by atoms with Crippen molar-refractivity contribution < 1.29 is 4.39 Å². The van der Waals surface area contributed by atoms with E-state index in [1.165, 1.54) is 17.2 Å². The van der Waals surface area contributed by atoms with E-state index in [0.29, 0.717) is 18.0 Å². The molecule has 0 amide bonds. The fourth-order valence-electron chi connectivity index (χ4n) is 5.47. The zero-order valence-electron chi connectivity index (χ0n) is 18.5. The van der Waals surface area contributed by atoms with Crippen molar-refractivity contribution >= 4 is 0 Å². The lowest BCUT2D eigenvalue weighted by Crippen LogP contribution is -2.37. The average molecular weight is 429 g/mol. The van der Waals surface area contributed by atoms with E-state index in [9.17, 15) is 4.39 Å². The summed E-state index contributed by atoms with van der Waals surface area (Å²) >= 11 is 0. The third kappa shape index (κ3) is 4.20. The van der Waals surface area contributed by atoms with Crippen LogP contribution >= 0.6 is 0 Å². The van der Waals surface area contributed by atoms with Crippen molar-refractivity contribution in [1.29, 1.82) is 5.26 Å². The van der Waals surface area contributed by atoms with Crippen molar-refractivity contribution in [3.8, 4) is 17.5 Å². The van der Waals surface area contributed by atoms with E-state index in [4.69, 9.17) is 5.26 Å². The van der Waals surface area contributed by atoms with Crippen LogP contribution in [-0.2, 0) is 12.8 Å². The number of fused-ring (bicyclic) bond motifs is 1. The maximum absolute atomic E-state index is 13.8. The van der Waals surface area contributed by atoms with Crippen LogP contribution in [0.4, 0.5) is 4.39 Å². The minimum Gasteiger partial charge on any atom is -0.328 e. The molecule has 1 saturated carbocycles. The van der Waals surface area contributed by atoms with E-state index in [2.05, 4.69) is 33.1 Å². The maximum Gasteiger partial charge on any atom is 0.140 e. The molecule has 1 fully saturated rings. The molecular formula is C27H29FN4. The number of nitriles is 1. The highest BCUT2D eigenvalue weighted by atomic mass is 19.1. The van der Waals surface area contributed by atoms with Gasteiger partial charge in [-0.2, -0.15) is 5.26 Å². The largest absolute Gasteiger partial charge is 0.328 e. The highest BCUT2D eigenvalue weighted by Crippen LogP contribution is 2.34. The van der Waals surface area contributed by atoms with Crippen LogP contribution in [0.15, 0.2) is 48.8 Å². The van der Waals surface area contributed by atoms with Gasteiger partial charge >= 0.3 is 0 Å². The van der Waals surface area contributed by atoms with Crippen LogP contribution in [-0.4, -0.2) is 22.1 Å². The summed E-state index contributed by atoms with van der Waals surface area (Å²) in [6.45, 7) is 3.04. The Bertz CT molecular complexity index is 1150. The van der Waals surface area contributed by atoms with E-state index >= 15 is 0 Å². The number of hydrogen-bond donors (Lipinski definition) is 1. The molecule has 4 nitrogen and oxygen atoms in total. The third-order valence-corrected chi connectivity index (χ3v) is 7.25. The molecular weight excluding hydrogens is 399 g/mol. The van der Waals surface area contributed by atoms with Crippen LogP contribution in [0.5, 0.6) is 0 Å². The van der Waals surface area contributed by atoms with Crippen molar-refractivity contribution in [1.82, 2.24) is 14.9 Å². The van der Waals surface area contributed by atoms with Crippen LogP contribution in [0.2, 0.25) is 0 Å². The molecule has 0 saturated heterocycles. The summed E-state index contributed by atoms with van der Waals surface area (Å²) in [7, 11) is 0. The van der Waals surface area contributed by atoms with Crippen LogP contribution in [0.3, 0.4) is 0 Å². The molecule has 164 valence electrons. The van der Waals surface area contributed by atoms with Gasteiger partial charge in [-0.05, 0) is 98.9 Å². The Morgan fingerprint density at radius 1 is 1.09 bits per heavy atom. The lowest BCUT2D eigenvalue weighted by molar-refractivity contribution is 0.283. The van der Waals surface area contributed by atoms with Crippen molar-refractivity contribution in [2.75, 3.05) is 6.54 Å². The topological polar surface area (TPSA) is 53.6 Å². The number of nitrogens with zero attached hydrogens (tertiary/aromatic N) is 3. The van der Waals surface area contributed by atoms with Gasteiger partial charge < -0.3 is 9.88 Å². The van der Waals surface area contributed by atoms with Gasteiger partial charge in [-0.15, -0.1) is 0 Å². The number of hydrogen-bond acceptors (Lipinski definition) is 3. The standard InChI is InChI=1S/C27H29FN4/c1-18-2-5-23(28)15-26(18)27-30-10-11-32(27)25-8-6-24(7-9-25)31-17-20-13-21-4-3-19(16-29)12-22(21)14-20/h2-5,10-12,15,20,24-25,31H,6-9,13-14,17H2,1H3/t20-,24?,25?/m0/s1. The number of aromatic nitrogens is 2. The summed E-state index contributed by atoms with van der Waals surface area (Å²) in [5.74, 6) is 1.28. The Hall–Kier alpha value is -2.97. The number of aryl methyl sites for hydroxylation is 1. The normalized spacial score (nSPS) is 22.5. The van der Waals surface area contributed by atoms with Crippen LogP contribution < -0.4 is 5.32 Å². The molecule has 2 aliphatic rings. The molecule has 0 radical (unpaired) electrons. The summed E-state index contributed by atoms with van der Waals surface area (Å²) in [5.41, 5.74) is 5.45. The Morgan fingerprint density at radius 3 is 2.72 bits per heavy atom. The average Bonchev–Trinajstić information content (AvgIpc) is 3.46. The van der Waals surface area contributed by atoms with E-state index in [-0.39, 0.29) is 5.82 Å². The summed E-state index contributed by atoms with van der Waals surface area (Å²) in [6.07, 6.45) is 10.5. The second-order valence-corrected chi connectivity index (χ2v) is 9.40. The van der Waals surface area contributed by atoms with Gasteiger partial charge in [-0.25, -0.2) is 9.37 Å². The van der Waals surface area contributed by atoms with Crippen LogP contribution in [0, 0.1) is 30.0 Å². The van der Waals surface area contributed by atoms with Gasteiger partial charge in [-0.3, -0.25) is 0 Å². The molecule has 1 N–H and O–H groups in total. The van der Waals surface area contributed by atoms with Gasteiger partial charge in [0.25, 0.3) is 0 Å². The molecule has 2 aliphatic carbocycles. The smallest absolute Gasteiger partial charge is 0.140 e. The van der Waals surface area contributed by atoms with Crippen LogP contribution in [0.1, 0.15) is 54.0 Å². The van der Waals surface area contributed by atoms with Crippen molar-refractivity contribution in [3.63, 3.8) is 0 Å². The van der Waals surface area contributed by atoms with E-state index in [0.717, 1.165) is 67.6 Å². The quantitative estimate of drug-likeness (QED) is 0.595. The first kappa shape index (κ1) is 20.9. The number of halogens is 1. The van der Waals surface area contributed by atoms with Crippen molar-refractivity contribution in [2.45, 2.75) is 57.5 Å². The van der Waals surface area contributed by atoms with Gasteiger partial charge in [0.15, 0.2) is 0 Å². The second-order valence-electron chi connectivity index (χ2n) is 9.40. The SMILES string of the molecule is Cc1ccc(F)cc1-c1nccn1C1CCC(NC[C@H]2Cc3ccc(C#N)cc3C2)CC1. The van der Waals surface area contributed by atoms with Gasteiger partial charge in [0.05, 0.1) is 11.6 Å². The first-order chi connectivity index (χ1) is 15.6. The molecule has 0 bridgehead atoms. The predicted molar refractivity (Wildman–Crippen MR) is 124 cm³/mol. The number of nitrogens with one attached hydrogen (secondary N) is 1. The molecule has 5 rings (SSSR count). The third-order valence-electron chi connectivity index (χ3n) is 7.25.